The highest BCUT2D eigenvalue weighted by Gasteiger charge is 2.43. The highest BCUT2D eigenvalue weighted by atomic mass is 16.5. The maximum absolute atomic E-state index is 6.28. The second-order valence-corrected chi connectivity index (χ2v) is 5.64. The van der Waals surface area contributed by atoms with E-state index in [9.17, 15) is 0 Å². The zero-order valence-corrected chi connectivity index (χ0v) is 13.5. The van der Waals surface area contributed by atoms with Crippen LogP contribution in [0.1, 0.15) is 57.7 Å². The molecule has 4 nitrogen and oxygen atoms in total. The number of hydrogen-bond acceptors (Lipinski definition) is 4. The van der Waals surface area contributed by atoms with E-state index in [1.165, 1.54) is 19.3 Å². The van der Waals surface area contributed by atoms with Crippen LogP contribution < -0.4 is 10.1 Å². The summed E-state index contributed by atoms with van der Waals surface area (Å²) in [6, 6.07) is 3.98. The molecule has 0 radical (unpaired) electrons. The smallest absolute Gasteiger partial charge is 0.142 e. The van der Waals surface area contributed by atoms with E-state index in [-0.39, 0.29) is 11.6 Å². The Hall–Kier alpha value is -1.13. The van der Waals surface area contributed by atoms with Crippen molar-refractivity contribution in [1.82, 2.24) is 10.3 Å². The van der Waals surface area contributed by atoms with Crippen LogP contribution in [0.5, 0.6) is 5.75 Å². The summed E-state index contributed by atoms with van der Waals surface area (Å²) in [4.78, 5) is 4.60. The summed E-state index contributed by atoms with van der Waals surface area (Å²) in [5.74, 6) is 0.841. The number of nitrogens with one attached hydrogen (secondary N) is 1. The molecule has 0 aromatic carbocycles. The highest BCUT2D eigenvalue weighted by molar-refractivity contribution is 5.31. The van der Waals surface area contributed by atoms with Crippen molar-refractivity contribution in [3.63, 3.8) is 0 Å². The average Bonchev–Trinajstić information content (AvgIpc) is 2.53. The van der Waals surface area contributed by atoms with Crippen LogP contribution in [-0.2, 0) is 4.74 Å². The van der Waals surface area contributed by atoms with E-state index in [4.69, 9.17) is 9.47 Å². The lowest BCUT2D eigenvalue weighted by atomic mass is 9.77. The summed E-state index contributed by atoms with van der Waals surface area (Å²) in [5.41, 5.74) is 0.808. The van der Waals surface area contributed by atoms with Gasteiger partial charge in [-0.25, -0.2) is 0 Å². The summed E-state index contributed by atoms with van der Waals surface area (Å²) in [6.07, 6.45) is 7.74. The van der Waals surface area contributed by atoms with Gasteiger partial charge in [0.2, 0.25) is 0 Å². The minimum atomic E-state index is -0.162. The molecule has 0 aliphatic heterocycles. The number of pyridine rings is 1. The molecule has 1 heterocycles. The Labute approximate surface area is 128 Å². The van der Waals surface area contributed by atoms with Crippen LogP contribution in [0.3, 0.4) is 0 Å². The number of likely N-dealkylation sites (N-methyl/N-ethyl adjacent to an activating group) is 1. The Balaban J connectivity index is 2.39. The predicted octanol–water partition coefficient (Wildman–Crippen LogP) is 3.48. The van der Waals surface area contributed by atoms with E-state index in [2.05, 4.69) is 24.1 Å². The molecule has 118 valence electrons. The van der Waals surface area contributed by atoms with Crippen molar-refractivity contribution in [1.29, 1.82) is 0 Å². The first-order valence-corrected chi connectivity index (χ1v) is 8.13. The standard InChI is InChI=1S/C17H28N2O2/c1-4-18-16(15-14(20-3)10-9-13-19-15)17(21-5-2)11-7-6-8-12-17/h9-10,13,16,18H,4-8,11-12H2,1-3H3. The third-order valence-electron chi connectivity index (χ3n) is 4.36. The van der Waals surface area contributed by atoms with Gasteiger partial charge in [-0.1, -0.05) is 26.2 Å². The molecule has 4 heteroatoms. The first-order chi connectivity index (χ1) is 10.3. The number of rotatable bonds is 7. The van der Waals surface area contributed by atoms with Crippen molar-refractivity contribution in [2.75, 3.05) is 20.3 Å². The van der Waals surface area contributed by atoms with Crippen LogP contribution >= 0.6 is 0 Å². The van der Waals surface area contributed by atoms with E-state index in [1.54, 1.807) is 7.11 Å². The van der Waals surface area contributed by atoms with Gasteiger partial charge in [-0.15, -0.1) is 0 Å². The molecular weight excluding hydrogens is 264 g/mol. The van der Waals surface area contributed by atoms with Gasteiger partial charge in [-0.2, -0.15) is 0 Å². The summed E-state index contributed by atoms with van der Waals surface area (Å²) in [5, 5.41) is 3.60. The van der Waals surface area contributed by atoms with Crippen molar-refractivity contribution in [2.24, 2.45) is 0 Å². The fourth-order valence-corrected chi connectivity index (χ4v) is 3.48. The quantitative estimate of drug-likeness (QED) is 0.835. The third-order valence-corrected chi connectivity index (χ3v) is 4.36. The van der Waals surface area contributed by atoms with Gasteiger partial charge in [0, 0.05) is 12.8 Å². The molecule has 1 saturated carbocycles. The van der Waals surface area contributed by atoms with Crippen LogP contribution in [0.15, 0.2) is 18.3 Å². The van der Waals surface area contributed by atoms with E-state index in [0.717, 1.165) is 37.4 Å². The molecule has 1 unspecified atom stereocenters. The summed E-state index contributed by atoms with van der Waals surface area (Å²) in [6.45, 7) is 5.83. The zero-order valence-electron chi connectivity index (χ0n) is 13.5. The Kier molecular flexibility index (Phi) is 6.00. The number of hydrogen-bond donors (Lipinski definition) is 1. The molecule has 1 N–H and O–H groups in total. The first-order valence-electron chi connectivity index (χ1n) is 8.13. The van der Waals surface area contributed by atoms with Crippen molar-refractivity contribution in [3.8, 4) is 5.75 Å². The number of nitrogens with zero attached hydrogens (tertiary/aromatic N) is 1. The van der Waals surface area contributed by atoms with Crippen LogP contribution in [0.4, 0.5) is 0 Å². The van der Waals surface area contributed by atoms with E-state index in [0.29, 0.717) is 0 Å². The maximum Gasteiger partial charge on any atom is 0.142 e. The summed E-state index contributed by atoms with van der Waals surface area (Å²) < 4.78 is 11.8. The molecule has 1 aliphatic carbocycles. The van der Waals surface area contributed by atoms with Gasteiger partial charge in [-0.05, 0) is 38.4 Å². The van der Waals surface area contributed by atoms with E-state index < -0.39 is 0 Å². The van der Waals surface area contributed by atoms with Gasteiger partial charge in [0.15, 0.2) is 0 Å². The van der Waals surface area contributed by atoms with Gasteiger partial charge < -0.3 is 14.8 Å². The van der Waals surface area contributed by atoms with Crippen molar-refractivity contribution < 1.29 is 9.47 Å². The Morgan fingerprint density at radius 2 is 2.05 bits per heavy atom. The van der Waals surface area contributed by atoms with Crippen LogP contribution in [0.2, 0.25) is 0 Å². The molecule has 1 aromatic heterocycles. The lowest BCUT2D eigenvalue weighted by Gasteiger charge is -2.43. The minimum Gasteiger partial charge on any atom is -0.495 e. The largest absolute Gasteiger partial charge is 0.495 e. The lowest BCUT2D eigenvalue weighted by Crippen LogP contribution is -2.48. The monoisotopic (exact) mass is 292 g/mol. The second kappa shape index (κ2) is 7.76. The van der Waals surface area contributed by atoms with Crippen molar-refractivity contribution in [3.05, 3.63) is 24.0 Å². The molecular formula is C17H28N2O2. The fourth-order valence-electron chi connectivity index (χ4n) is 3.48. The Bertz CT molecular complexity index is 425. The summed E-state index contributed by atoms with van der Waals surface area (Å²) >= 11 is 0. The molecule has 0 bridgehead atoms. The molecule has 0 amide bonds. The third kappa shape index (κ3) is 3.55. The van der Waals surface area contributed by atoms with Gasteiger partial charge in [-0.3, -0.25) is 4.98 Å². The van der Waals surface area contributed by atoms with Gasteiger partial charge in [0.1, 0.15) is 11.4 Å². The molecule has 0 spiro atoms. The van der Waals surface area contributed by atoms with E-state index in [1.807, 2.05) is 18.3 Å². The van der Waals surface area contributed by atoms with E-state index >= 15 is 0 Å². The van der Waals surface area contributed by atoms with Gasteiger partial charge >= 0.3 is 0 Å². The number of ether oxygens (including phenoxy) is 2. The molecule has 1 aliphatic rings. The topological polar surface area (TPSA) is 43.4 Å². The Morgan fingerprint density at radius 1 is 1.29 bits per heavy atom. The first kappa shape index (κ1) is 16.2. The van der Waals surface area contributed by atoms with Crippen molar-refractivity contribution in [2.45, 2.75) is 57.6 Å². The SMILES string of the molecule is CCNC(c1ncccc1OC)C1(OCC)CCCCC1. The van der Waals surface area contributed by atoms with Crippen LogP contribution in [0, 0.1) is 0 Å². The summed E-state index contributed by atoms with van der Waals surface area (Å²) in [7, 11) is 1.71. The lowest BCUT2D eigenvalue weighted by molar-refractivity contribution is -0.0922. The minimum absolute atomic E-state index is 0.0823. The number of aromatic nitrogens is 1. The van der Waals surface area contributed by atoms with Crippen LogP contribution in [0.25, 0.3) is 0 Å². The average molecular weight is 292 g/mol. The fraction of sp³-hybridized carbons (Fsp3) is 0.706. The maximum atomic E-state index is 6.28. The van der Waals surface area contributed by atoms with Crippen molar-refractivity contribution >= 4 is 0 Å². The van der Waals surface area contributed by atoms with Crippen LogP contribution in [-0.4, -0.2) is 30.8 Å². The second-order valence-electron chi connectivity index (χ2n) is 5.64. The molecule has 1 aromatic rings. The normalized spacial score (nSPS) is 19.2. The van der Waals surface area contributed by atoms with Gasteiger partial charge in [0.05, 0.1) is 18.8 Å². The molecule has 21 heavy (non-hydrogen) atoms. The number of methoxy groups -OCH3 is 1. The molecule has 0 saturated heterocycles. The highest BCUT2D eigenvalue weighted by Crippen LogP contribution is 2.43. The molecule has 1 atom stereocenters. The zero-order chi connectivity index (χ0) is 15.1. The predicted molar refractivity (Wildman–Crippen MR) is 84.6 cm³/mol. The molecule has 1 fully saturated rings. The van der Waals surface area contributed by atoms with Gasteiger partial charge in [0.25, 0.3) is 0 Å². The molecule has 2 rings (SSSR count). The Morgan fingerprint density at radius 3 is 2.67 bits per heavy atom.